The molecular formula is C14H16Cl2N4O. The first kappa shape index (κ1) is 14.8. The van der Waals surface area contributed by atoms with Crippen molar-refractivity contribution in [2.45, 2.75) is 0 Å². The molecule has 7 heteroatoms. The zero-order chi connectivity index (χ0) is 14.8. The van der Waals surface area contributed by atoms with Gasteiger partial charge in [-0.05, 0) is 12.1 Å². The molecule has 1 aromatic heterocycles. The van der Waals surface area contributed by atoms with Crippen molar-refractivity contribution in [2.24, 2.45) is 0 Å². The number of hydrogen-bond donors (Lipinski definition) is 1. The lowest BCUT2D eigenvalue weighted by Crippen LogP contribution is -2.47. The van der Waals surface area contributed by atoms with Crippen LogP contribution in [0.3, 0.4) is 0 Å². The van der Waals surface area contributed by atoms with Crippen molar-refractivity contribution < 1.29 is 5.11 Å². The maximum atomic E-state index is 8.97. The van der Waals surface area contributed by atoms with Crippen LogP contribution in [0.15, 0.2) is 18.3 Å². The van der Waals surface area contributed by atoms with Gasteiger partial charge in [0.25, 0.3) is 0 Å². The molecule has 1 aliphatic heterocycles. The van der Waals surface area contributed by atoms with E-state index in [0.29, 0.717) is 10.0 Å². The highest BCUT2D eigenvalue weighted by molar-refractivity contribution is 6.42. The number of rotatable bonds is 3. The van der Waals surface area contributed by atoms with Crippen LogP contribution in [-0.2, 0) is 0 Å². The molecule has 0 atom stereocenters. The van der Waals surface area contributed by atoms with Crippen molar-refractivity contribution in [3.8, 4) is 0 Å². The third-order valence-corrected chi connectivity index (χ3v) is 4.41. The highest BCUT2D eigenvalue weighted by atomic mass is 35.5. The quantitative estimate of drug-likeness (QED) is 0.935. The molecule has 2 heterocycles. The molecule has 0 spiro atoms. The maximum Gasteiger partial charge on any atom is 0.147 e. The fourth-order valence-electron chi connectivity index (χ4n) is 2.49. The fraction of sp³-hybridized carbons (Fsp3) is 0.429. The number of hydrogen-bond acceptors (Lipinski definition) is 5. The van der Waals surface area contributed by atoms with Gasteiger partial charge in [0.15, 0.2) is 0 Å². The number of anilines is 1. The van der Waals surface area contributed by atoms with Crippen LogP contribution >= 0.6 is 23.2 Å². The summed E-state index contributed by atoms with van der Waals surface area (Å²) >= 11 is 12.0. The summed E-state index contributed by atoms with van der Waals surface area (Å²) < 4.78 is 0. The van der Waals surface area contributed by atoms with Gasteiger partial charge in [0, 0.05) is 32.7 Å². The van der Waals surface area contributed by atoms with E-state index in [1.807, 2.05) is 0 Å². The first-order valence-electron chi connectivity index (χ1n) is 6.87. The van der Waals surface area contributed by atoms with Crippen LogP contribution in [0, 0.1) is 0 Å². The first-order chi connectivity index (χ1) is 10.2. The number of β-amino-alcohol motifs (C(OH)–C–C–N with tert-alkyl or cyclic N) is 1. The minimum Gasteiger partial charge on any atom is -0.395 e. The van der Waals surface area contributed by atoms with Gasteiger partial charge in [-0.15, -0.1) is 0 Å². The van der Waals surface area contributed by atoms with Crippen molar-refractivity contribution >= 4 is 40.1 Å². The molecule has 1 fully saturated rings. The van der Waals surface area contributed by atoms with Crippen LogP contribution in [-0.4, -0.2) is 59.3 Å². The standard InChI is InChI=1S/C14H16Cl2N4O/c15-10-7-12-13(8-11(10)16)18-14(9-17-12)20-3-1-19(2-4-20)5-6-21/h7-9,21H,1-6H2. The minimum absolute atomic E-state index is 0.203. The Kier molecular flexibility index (Phi) is 4.45. The highest BCUT2D eigenvalue weighted by Gasteiger charge is 2.18. The average Bonchev–Trinajstić information content (AvgIpc) is 2.49. The molecule has 1 aliphatic rings. The smallest absolute Gasteiger partial charge is 0.147 e. The van der Waals surface area contributed by atoms with Crippen LogP contribution in [0.25, 0.3) is 11.0 Å². The summed E-state index contributed by atoms with van der Waals surface area (Å²) in [4.78, 5) is 13.5. The van der Waals surface area contributed by atoms with E-state index in [9.17, 15) is 0 Å². The lowest BCUT2D eigenvalue weighted by molar-refractivity contribution is 0.188. The minimum atomic E-state index is 0.203. The van der Waals surface area contributed by atoms with Gasteiger partial charge >= 0.3 is 0 Å². The molecule has 21 heavy (non-hydrogen) atoms. The second-order valence-electron chi connectivity index (χ2n) is 5.04. The predicted octanol–water partition coefficient (Wildman–Crippen LogP) is 2.05. The monoisotopic (exact) mass is 326 g/mol. The summed E-state index contributed by atoms with van der Waals surface area (Å²) in [5.41, 5.74) is 1.49. The maximum absolute atomic E-state index is 8.97. The Hall–Kier alpha value is -1.14. The van der Waals surface area contributed by atoms with Crippen LogP contribution in [0.2, 0.25) is 10.0 Å². The van der Waals surface area contributed by atoms with Crippen molar-refractivity contribution in [1.82, 2.24) is 14.9 Å². The van der Waals surface area contributed by atoms with E-state index in [0.717, 1.165) is 49.6 Å². The van der Waals surface area contributed by atoms with Gasteiger partial charge in [0.2, 0.25) is 0 Å². The molecule has 0 amide bonds. The van der Waals surface area contributed by atoms with Crippen LogP contribution in [0.1, 0.15) is 0 Å². The van der Waals surface area contributed by atoms with E-state index >= 15 is 0 Å². The molecule has 0 unspecified atom stereocenters. The van der Waals surface area contributed by atoms with Crippen LogP contribution in [0.4, 0.5) is 5.82 Å². The van der Waals surface area contributed by atoms with E-state index in [1.165, 1.54) is 0 Å². The molecule has 3 rings (SSSR count). The van der Waals surface area contributed by atoms with Gasteiger partial charge < -0.3 is 10.0 Å². The molecule has 5 nitrogen and oxygen atoms in total. The molecule has 0 radical (unpaired) electrons. The number of aliphatic hydroxyl groups excluding tert-OH is 1. The van der Waals surface area contributed by atoms with Gasteiger partial charge in [-0.3, -0.25) is 9.88 Å². The summed E-state index contributed by atoms with van der Waals surface area (Å²) in [7, 11) is 0. The number of fused-ring (bicyclic) bond motifs is 1. The van der Waals surface area contributed by atoms with Gasteiger partial charge in [0.05, 0.1) is 33.9 Å². The summed E-state index contributed by atoms with van der Waals surface area (Å²) in [6.45, 7) is 4.52. The third kappa shape index (κ3) is 3.21. The zero-order valence-electron chi connectivity index (χ0n) is 11.5. The molecular weight excluding hydrogens is 311 g/mol. The van der Waals surface area contributed by atoms with Gasteiger partial charge in [-0.2, -0.15) is 0 Å². The molecule has 0 saturated carbocycles. The summed E-state index contributed by atoms with van der Waals surface area (Å²) in [5, 5.41) is 9.95. The number of aromatic nitrogens is 2. The van der Waals surface area contributed by atoms with Crippen molar-refractivity contribution in [1.29, 1.82) is 0 Å². The number of nitrogens with zero attached hydrogens (tertiary/aromatic N) is 4. The van der Waals surface area contributed by atoms with E-state index in [2.05, 4.69) is 19.8 Å². The normalized spacial score (nSPS) is 16.6. The topological polar surface area (TPSA) is 52.5 Å². The van der Waals surface area contributed by atoms with Gasteiger partial charge in [-0.25, -0.2) is 4.98 Å². The van der Waals surface area contributed by atoms with Crippen molar-refractivity contribution in [3.05, 3.63) is 28.4 Å². The number of benzene rings is 1. The Bertz CT molecular complexity index is 644. The molecule has 0 bridgehead atoms. The zero-order valence-corrected chi connectivity index (χ0v) is 13.0. The molecule has 2 aromatic rings. The highest BCUT2D eigenvalue weighted by Crippen LogP contribution is 2.27. The molecule has 112 valence electrons. The average molecular weight is 327 g/mol. The van der Waals surface area contributed by atoms with Crippen LogP contribution < -0.4 is 4.90 Å². The summed E-state index contributed by atoms with van der Waals surface area (Å²) in [6.07, 6.45) is 1.77. The SMILES string of the molecule is OCCN1CCN(c2cnc3cc(Cl)c(Cl)cc3n2)CC1. The Morgan fingerprint density at radius 1 is 1.05 bits per heavy atom. The fourth-order valence-corrected chi connectivity index (χ4v) is 2.81. The molecule has 0 aliphatic carbocycles. The predicted molar refractivity (Wildman–Crippen MR) is 85.3 cm³/mol. The number of halogens is 2. The summed E-state index contributed by atoms with van der Waals surface area (Å²) in [5.74, 6) is 0.851. The molecule has 1 N–H and O–H groups in total. The Morgan fingerprint density at radius 2 is 1.71 bits per heavy atom. The van der Waals surface area contributed by atoms with E-state index in [-0.39, 0.29) is 6.61 Å². The lowest BCUT2D eigenvalue weighted by Gasteiger charge is -2.34. The lowest BCUT2D eigenvalue weighted by atomic mass is 10.3. The van der Waals surface area contributed by atoms with Gasteiger partial charge in [-0.1, -0.05) is 23.2 Å². The second-order valence-corrected chi connectivity index (χ2v) is 5.85. The van der Waals surface area contributed by atoms with E-state index < -0.39 is 0 Å². The molecule has 1 aromatic carbocycles. The Morgan fingerprint density at radius 3 is 2.38 bits per heavy atom. The molecule has 1 saturated heterocycles. The number of piperazine rings is 1. The van der Waals surface area contributed by atoms with Crippen molar-refractivity contribution in [3.63, 3.8) is 0 Å². The summed E-state index contributed by atoms with van der Waals surface area (Å²) in [6, 6.07) is 3.48. The Balaban J connectivity index is 1.80. The first-order valence-corrected chi connectivity index (χ1v) is 7.63. The third-order valence-electron chi connectivity index (χ3n) is 3.68. The Labute approximate surface area is 133 Å². The largest absolute Gasteiger partial charge is 0.395 e. The van der Waals surface area contributed by atoms with Crippen molar-refractivity contribution in [2.75, 3.05) is 44.2 Å². The van der Waals surface area contributed by atoms with E-state index in [4.69, 9.17) is 28.3 Å². The second kappa shape index (κ2) is 6.32. The van der Waals surface area contributed by atoms with E-state index in [1.54, 1.807) is 18.3 Å². The van der Waals surface area contributed by atoms with Gasteiger partial charge in [0.1, 0.15) is 5.82 Å². The number of aliphatic hydroxyl groups is 1. The van der Waals surface area contributed by atoms with Crippen LogP contribution in [0.5, 0.6) is 0 Å².